The number of hydrogen-bond acceptors (Lipinski definition) is 4. The molecule has 0 bridgehead atoms. The normalized spacial score (nSPS) is 15.6. The predicted molar refractivity (Wildman–Crippen MR) is 126 cm³/mol. The Morgan fingerprint density at radius 3 is 2.22 bits per heavy atom. The molecule has 0 aliphatic carbocycles. The van der Waals surface area contributed by atoms with Crippen molar-refractivity contribution in [1.82, 2.24) is 0 Å². The summed E-state index contributed by atoms with van der Waals surface area (Å²) in [4.78, 5) is 13.3. The molecule has 0 aromatic heterocycles. The van der Waals surface area contributed by atoms with Crippen LogP contribution in [0.1, 0.15) is 22.3 Å². The summed E-state index contributed by atoms with van der Waals surface area (Å²) in [5.74, 6) is -0.0306. The van der Waals surface area contributed by atoms with Gasteiger partial charge in [-0.3, -0.25) is 9.10 Å². The van der Waals surface area contributed by atoms with Gasteiger partial charge < -0.3 is 10.1 Å². The summed E-state index contributed by atoms with van der Waals surface area (Å²) in [6.07, 6.45) is -0.996. The van der Waals surface area contributed by atoms with Gasteiger partial charge in [0.25, 0.3) is 15.9 Å². The van der Waals surface area contributed by atoms with Gasteiger partial charge in [-0.2, -0.15) is 0 Å². The van der Waals surface area contributed by atoms with Crippen LogP contribution in [0, 0.1) is 27.7 Å². The number of carbonyl (C=O) groups excluding carboxylic acids is 1. The average Bonchev–Trinajstić information content (AvgIpc) is 2.75. The lowest BCUT2D eigenvalue weighted by Crippen LogP contribution is -2.49. The highest BCUT2D eigenvalue weighted by atomic mass is 32.2. The van der Waals surface area contributed by atoms with E-state index < -0.39 is 22.0 Å². The van der Waals surface area contributed by atoms with Gasteiger partial charge in [-0.15, -0.1) is 0 Å². The SMILES string of the molecule is Cc1ccc(S(=O)(=O)N2CC(C(=O)Nc3c(C)cccc3C)Oc3ccc(C)cc32)cc1. The Bertz CT molecular complexity index is 1260. The van der Waals surface area contributed by atoms with E-state index in [4.69, 9.17) is 4.74 Å². The second-order valence-corrected chi connectivity index (χ2v) is 10.0. The topological polar surface area (TPSA) is 75.7 Å². The maximum absolute atomic E-state index is 13.5. The zero-order chi connectivity index (χ0) is 23.0. The standard InChI is InChI=1S/C25H26N2O4S/c1-16-8-11-20(12-9-16)32(29,30)27-15-23(31-22-13-10-17(2)14-21(22)27)25(28)26-24-18(3)6-5-7-19(24)4/h5-14,23H,15H2,1-4H3,(H,26,28). The number of anilines is 2. The first kappa shape index (κ1) is 21.9. The lowest BCUT2D eigenvalue weighted by molar-refractivity contribution is -0.122. The van der Waals surface area contributed by atoms with Crippen LogP contribution < -0.4 is 14.4 Å². The van der Waals surface area contributed by atoms with Crippen molar-refractivity contribution in [2.24, 2.45) is 0 Å². The summed E-state index contributed by atoms with van der Waals surface area (Å²) in [6, 6.07) is 17.7. The van der Waals surface area contributed by atoms with E-state index in [1.807, 2.05) is 52.0 Å². The van der Waals surface area contributed by atoms with E-state index in [1.165, 1.54) is 4.31 Å². The van der Waals surface area contributed by atoms with Crippen LogP contribution >= 0.6 is 0 Å². The maximum atomic E-state index is 13.5. The number of para-hydroxylation sites is 1. The van der Waals surface area contributed by atoms with Gasteiger partial charge >= 0.3 is 0 Å². The number of fused-ring (bicyclic) bond motifs is 1. The summed E-state index contributed by atoms with van der Waals surface area (Å²) < 4.78 is 34.3. The van der Waals surface area contributed by atoms with Crippen LogP contribution in [0.2, 0.25) is 0 Å². The summed E-state index contributed by atoms with van der Waals surface area (Å²) in [7, 11) is -3.89. The molecular formula is C25H26N2O4S. The molecule has 0 saturated carbocycles. The molecule has 3 aromatic carbocycles. The third-order valence-corrected chi connectivity index (χ3v) is 7.41. The van der Waals surface area contributed by atoms with Crippen molar-refractivity contribution in [2.45, 2.75) is 38.7 Å². The van der Waals surface area contributed by atoms with Crippen LogP contribution in [-0.2, 0) is 14.8 Å². The van der Waals surface area contributed by atoms with Gasteiger partial charge in [0.15, 0.2) is 6.10 Å². The van der Waals surface area contributed by atoms with Crippen molar-refractivity contribution in [3.05, 3.63) is 82.9 Å². The Kier molecular flexibility index (Phi) is 5.69. The molecule has 32 heavy (non-hydrogen) atoms. The Morgan fingerprint density at radius 1 is 0.938 bits per heavy atom. The van der Waals surface area contributed by atoms with E-state index in [1.54, 1.807) is 36.4 Å². The molecule has 6 nitrogen and oxygen atoms in total. The molecule has 7 heteroatoms. The number of sulfonamides is 1. The molecule has 1 atom stereocenters. The Morgan fingerprint density at radius 2 is 1.56 bits per heavy atom. The molecule has 3 aromatic rings. The predicted octanol–water partition coefficient (Wildman–Crippen LogP) is 4.52. The molecule has 1 N–H and O–H groups in total. The van der Waals surface area contributed by atoms with Gasteiger partial charge in [0.2, 0.25) is 0 Å². The Labute approximate surface area is 188 Å². The fraction of sp³-hybridized carbons (Fsp3) is 0.240. The molecular weight excluding hydrogens is 424 g/mol. The van der Waals surface area contributed by atoms with Crippen LogP contribution in [0.15, 0.2) is 65.6 Å². The molecule has 0 fully saturated rings. The number of ether oxygens (including phenoxy) is 1. The number of rotatable bonds is 4. The molecule has 1 unspecified atom stereocenters. The quantitative estimate of drug-likeness (QED) is 0.634. The summed E-state index contributed by atoms with van der Waals surface area (Å²) in [6.45, 7) is 7.49. The minimum Gasteiger partial charge on any atom is -0.476 e. The van der Waals surface area contributed by atoms with Gasteiger partial charge in [0.05, 0.1) is 17.1 Å². The van der Waals surface area contributed by atoms with Crippen molar-refractivity contribution < 1.29 is 17.9 Å². The average molecular weight is 451 g/mol. The smallest absolute Gasteiger partial charge is 0.267 e. The zero-order valence-electron chi connectivity index (χ0n) is 18.5. The minimum atomic E-state index is -3.89. The first-order valence-electron chi connectivity index (χ1n) is 10.4. The molecule has 0 spiro atoms. The third-order valence-electron chi connectivity index (χ3n) is 5.61. The van der Waals surface area contributed by atoms with Gasteiger partial charge in [0, 0.05) is 5.69 Å². The molecule has 4 rings (SSSR count). The zero-order valence-corrected chi connectivity index (χ0v) is 19.4. The number of benzene rings is 3. The van der Waals surface area contributed by atoms with Crippen LogP contribution in [0.4, 0.5) is 11.4 Å². The molecule has 1 aliphatic heterocycles. The van der Waals surface area contributed by atoms with E-state index in [0.29, 0.717) is 17.1 Å². The van der Waals surface area contributed by atoms with Crippen molar-refractivity contribution in [1.29, 1.82) is 0 Å². The first-order valence-corrected chi connectivity index (χ1v) is 11.8. The molecule has 1 amide bonds. The van der Waals surface area contributed by atoms with Gasteiger partial charge in [-0.25, -0.2) is 8.42 Å². The van der Waals surface area contributed by atoms with E-state index >= 15 is 0 Å². The summed E-state index contributed by atoms with van der Waals surface area (Å²) in [5.41, 5.74) is 4.86. The van der Waals surface area contributed by atoms with E-state index in [9.17, 15) is 13.2 Å². The molecule has 0 radical (unpaired) electrons. The largest absolute Gasteiger partial charge is 0.476 e. The monoisotopic (exact) mass is 450 g/mol. The number of nitrogens with one attached hydrogen (secondary N) is 1. The number of aryl methyl sites for hydroxylation is 4. The summed E-state index contributed by atoms with van der Waals surface area (Å²) >= 11 is 0. The molecule has 0 saturated heterocycles. The molecule has 1 heterocycles. The Hall–Kier alpha value is -3.32. The van der Waals surface area contributed by atoms with E-state index in [2.05, 4.69) is 5.32 Å². The number of amides is 1. The highest BCUT2D eigenvalue weighted by Gasteiger charge is 2.37. The lowest BCUT2D eigenvalue weighted by Gasteiger charge is -2.35. The van der Waals surface area contributed by atoms with Crippen LogP contribution in [0.5, 0.6) is 5.75 Å². The van der Waals surface area contributed by atoms with E-state index in [-0.39, 0.29) is 11.4 Å². The van der Waals surface area contributed by atoms with E-state index in [0.717, 1.165) is 22.3 Å². The fourth-order valence-corrected chi connectivity index (χ4v) is 5.25. The number of carbonyl (C=O) groups is 1. The maximum Gasteiger partial charge on any atom is 0.267 e. The molecule has 166 valence electrons. The summed E-state index contributed by atoms with van der Waals surface area (Å²) in [5, 5.41) is 2.92. The first-order chi connectivity index (χ1) is 15.2. The van der Waals surface area contributed by atoms with Crippen molar-refractivity contribution in [3.8, 4) is 5.75 Å². The number of nitrogens with zero attached hydrogens (tertiary/aromatic N) is 1. The van der Waals surface area contributed by atoms with Crippen LogP contribution in [-0.4, -0.2) is 27.0 Å². The lowest BCUT2D eigenvalue weighted by atomic mass is 10.1. The second kappa shape index (κ2) is 8.31. The highest BCUT2D eigenvalue weighted by molar-refractivity contribution is 7.92. The van der Waals surface area contributed by atoms with Gasteiger partial charge in [-0.1, -0.05) is 42.0 Å². The fourth-order valence-electron chi connectivity index (χ4n) is 3.78. The third kappa shape index (κ3) is 4.08. The molecule has 1 aliphatic rings. The number of hydrogen-bond donors (Lipinski definition) is 1. The van der Waals surface area contributed by atoms with Gasteiger partial charge in [-0.05, 0) is 68.7 Å². The van der Waals surface area contributed by atoms with Crippen molar-refractivity contribution in [2.75, 3.05) is 16.2 Å². The van der Waals surface area contributed by atoms with Crippen LogP contribution in [0.25, 0.3) is 0 Å². The highest BCUT2D eigenvalue weighted by Crippen LogP contribution is 2.38. The second-order valence-electron chi connectivity index (χ2n) is 8.18. The Balaban J connectivity index is 1.71. The minimum absolute atomic E-state index is 0.122. The van der Waals surface area contributed by atoms with Crippen molar-refractivity contribution >= 4 is 27.3 Å². The van der Waals surface area contributed by atoms with Crippen molar-refractivity contribution in [3.63, 3.8) is 0 Å². The van der Waals surface area contributed by atoms with Crippen LogP contribution in [0.3, 0.4) is 0 Å². The van der Waals surface area contributed by atoms with Gasteiger partial charge in [0.1, 0.15) is 5.75 Å².